The molecule has 0 saturated heterocycles. The predicted molar refractivity (Wildman–Crippen MR) is 36.9 cm³/mol. The van der Waals surface area contributed by atoms with Crippen molar-refractivity contribution in [1.82, 2.24) is 8.96 Å². The van der Waals surface area contributed by atoms with Crippen molar-refractivity contribution in [2.24, 2.45) is 0 Å². The van der Waals surface area contributed by atoms with Crippen molar-refractivity contribution in [1.29, 1.82) is 0 Å². The van der Waals surface area contributed by atoms with Gasteiger partial charge in [0.2, 0.25) is 16.0 Å². The van der Waals surface area contributed by atoms with E-state index in [0.717, 1.165) is 10.2 Å². The van der Waals surface area contributed by atoms with Crippen LogP contribution in [0.25, 0.3) is 0 Å². The molecule has 0 aromatic carbocycles. The Morgan fingerprint density at radius 1 is 1.70 bits per heavy atom. The van der Waals surface area contributed by atoms with E-state index < -0.39 is 10.0 Å². The average molecular weight is 161 g/mol. The maximum atomic E-state index is 10.8. The van der Waals surface area contributed by atoms with Gasteiger partial charge in [0.15, 0.2) is 0 Å². The van der Waals surface area contributed by atoms with E-state index in [4.69, 9.17) is 5.73 Å². The summed E-state index contributed by atoms with van der Waals surface area (Å²) in [6, 6.07) is 0. The number of imidazole rings is 1. The molecule has 0 saturated carbocycles. The van der Waals surface area contributed by atoms with Crippen molar-refractivity contribution < 1.29 is 8.42 Å². The summed E-state index contributed by atoms with van der Waals surface area (Å²) in [5.74, 6) is -0.0116. The first-order chi connectivity index (χ1) is 4.52. The van der Waals surface area contributed by atoms with Crippen LogP contribution in [0.2, 0.25) is 0 Å². The topological polar surface area (TPSA) is 78.0 Å². The van der Waals surface area contributed by atoms with E-state index in [9.17, 15) is 8.42 Å². The van der Waals surface area contributed by atoms with Crippen LogP contribution in [0.5, 0.6) is 0 Å². The second-order valence-corrected chi connectivity index (χ2v) is 3.70. The predicted octanol–water partition coefficient (Wildman–Crippen LogP) is -0.727. The number of hydrogen-bond donors (Lipinski definition) is 1. The largest absolute Gasteiger partial charge is 0.368 e. The Balaban J connectivity index is 3.32. The van der Waals surface area contributed by atoms with Crippen molar-refractivity contribution in [3.63, 3.8) is 0 Å². The Labute approximate surface area is 58.5 Å². The summed E-state index contributed by atoms with van der Waals surface area (Å²) in [5, 5.41) is 0. The van der Waals surface area contributed by atoms with Crippen LogP contribution in [0.3, 0.4) is 0 Å². The lowest BCUT2D eigenvalue weighted by molar-refractivity contribution is 0.594. The third kappa shape index (κ3) is 1.10. The van der Waals surface area contributed by atoms with Gasteiger partial charge in [0.1, 0.15) is 0 Å². The Kier molecular flexibility index (Phi) is 1.40. The highest BCUT2D eigenvalue weighted by Gasteiger charge is 2.06. The lowest BCUT2D eigenvalue weighted by Gasteiger charge is -1.97. The summed E-state index contributed by atoms with van der Waals surface area (Å²) in [6.07, 6.45) is 3.69. The zero-order chi connectivity index (χ0) is 7.78. The van der Waals surface area contributed by atoms with Crippen LogP contribution in [0.4, 0.5) is 5.95 Å². The highest BCUT2D eigenvalue weighted by molar-refractivity contribution is 7.89. The smallest absolute Gasteiger partial charge is 0.238 e. The van der Waals surface area contributed by atoms with E-state index in [-0.39, 0.29) is 5.95 Å². The molecule has 56 valence electrons. The number of hydrogen-bond acceptors (Lipinski definition) is 4. The van der Waals surface area contributed by atoms with Gasteiger partial charge in [-0.2, -0.15) is 0 Å². The molecule has 0 spiro atoms. The quantitative estimate of drug-likeness (QED) is 0.589. The third-order valence-corrected chi connectivity index (χ3v) is 2.02. The second-order valence-electron chi connectivity index (χ2n) is 1.84. The summed E-state index contributed by atoms with van der Waals surface area (Å²) < 4.78 is 22.4. The van der Waals surface area contributed by atoms with E-state index in [0.29, 0.717) is 0 Å². The summed E-state index contributed by atoms with van der Waals surface area (Å²) >= 11 is 0. The highest BCUT2D eigenvalue weighted by Crippen LogP contribution is 2.00. The summed E-state index contributed by atoms with van der Waals surface area (Å²) in [4.78, 5) is 3.54. The number of anilines is 1. The van der Waals surface area contributed by atoms with Crippen molar-refractivity contribution in [2.45, 2.75) is 0 Å². The van der Waals surface area contributed by atoms with Crippen molar-refractivity contribution in [3.8, 4) is 0 Å². The lowest BCUT2D eigenvalue weighted by atomic mass is 11.0. The molecule has 2 N–H and O–H groups in total. The van der Waals surface area contributed by atoms with Crippen molar-refractivity contribution in [2.75, 3.05) is 12.0 Å². The van der Waals surface area contributed by atoms with E-state index in [1.165, 1.54) is 12.4 Å². The molecule has 10 heavy (non-hydrogen) atoms. The van der Waals surface area contributed by atoms with Crippen molar-refractivity contribution in [3.05, 3.63) is 12.4 Å². The Morgan fingerprint density at radius 3 is 2.50 bits per heavy atom. The molecule has 0 aliphatic rings. The number of nitrogens with zero attached hydrogens (tertiary/aromatic N) is 2. The first-order valence-corrected chi connectivity index (χ1v) is 4.36. The van der Waals surface area contributed by atoms with Gasteiger partial charge in [-0.1, -0.05) is 0 Å². The molecule has 1 aromatic heterocycles. The van der Waals surface area contributed by atoms with Gasteiger partial charge >= 0.3 is 0 Å². The molecule has 0 bridgehead atoms. The van der Waals surface area contributed by atoms with Crippen molar-refractivity contribution >= 4 is 16.0 Å². The molecule has 0 unspecified atom stereocenters. The monoisotopic (exact) mass is 161 g/mol. The molecule has 0 amide bonds. The molecular weight excluding hydrogens is 154 g/mol. The maximum absolute atomic E-state index is 10.8. The molecule has 1 rings (SSSR count). The SMILES string of the molecule is CS(=O)(=O)n1ccnc1N. The molecule has 0 atom stereocenters. The fraction of sp³-hybridized carbons (Fsp3) is 0.250. The summed E-state index contributed by atoms with van der Waals surface area (Å²) in [6.45, 7) is 0. The van der Waals surface area contributed by atoms with Gasteiger partial charge in [0.05, 0.1) is 6.26 Å². The maximum Gasteiger partial charge on any atom is 0.238 e. The molecule has 0 radical (unpaired) electrons. The van der Waals surface area contributed by atoms with E-state index in [1.807, 2.05) is 0 Å². The number of nitrogens with two attached hydrogens (primary N) is 1. The van der Waals surface area contributed by atoms with E-state index in [2.05, 4.69) is 4.98 Å². The van der Waals surface area contributed by atoms with Gasteiger partial charge in [-0.15, -0.1) is 0 Å². The van der Waals surface area contributed by atoms with Gasteiger partial charge in [-0.25, -0.2) is 17.4 Å². The minimum absolute atomic E-state index is 0.0116. The van der Waals surface area contributed by atoms with Gasteiger partial charge in [0.25, 0.3) is 0 Å². The molecular formula is C4H7N3O2S. The molecule has 0 fully saturated rings. The van der Waals surface area contributed by atoms with Crippen LogP contribution in [0.1, 0.15) is 0 Å². The van der Waals surface area contributed by atoms with Crippen LogP contribution >= 0.6 is 0 Å². The van der Waals surface area contributed by atoms with Crippen LogP contribution in [0, 0.1) is 0 Å². The number of aromatic nitrogens is 2. The normalized spacial score (nSPS) is 11.7. The fourth-order valence-corrected chi connectivity index (χ4v) is 1.25. The minimum Gasteiger partial charge on any atom is -0.368 e. The molecule has 1 heterocycles. The van der Waals surface area contributed by atoms with Crippen LogP contribution < -0.4 is 5.73 Å². The molecule has 0 aliphatic carbocycles. The second kappa shape index (κ2) is 1.98. The Hall–Kier alpha value is -1.04. The minimum atomic E-state index is -3.26. The summed E-state index contributed by atoms with van der Waals surface area (Å²) in [7, 11) is -3.26. The molecule has 1 aromatic rings. The molecule has 6 heteroatoms. The summed E-state index contributed by atoms with van der Waals surface area (Å²) in [5.41, 5.74) is 5.20. The van der Waals surface area contributed by atoms with Crippen LogP contribution in [-0.4, -0.2) is 23.6 Å². The fourth-order valence-electron chi connectivity index (χ4n) is 0.584. The number of nitrogen functional groups attached to an aromatic ring is 1. The van der Waals surface area contributed by atoms with Gasteiger partial charge in [-0.05, 0) is 0 Å². The van der Waals surface area contributed by atoms with Crippen LogP contribution in [-0.2, 0) is 10.0 Å². The Bertz CT molecular complexity index is 326. The lowest BCUT2D eigenvalue weighted by Crippen LogP contribution is -2.11. The first kappa shape index (κ1) is 7.07. The number of rotatable bonds is 1. The Morgan fingerprint density at radius 2 is 2.30 bits per heavy atom. The van der Waals surface area contributed by atoms with Gasteiger partial charge in [0, 0.05) is 12.4 Å². The van der Waals surface area contributed by atoms with E-state index in [1.54, 1.807) is 0 Å². The third-order valence-electron chi connectivity index (χ3n) is 0.992. The zero-order valence-corrected chi connectivity index (χ0v) is 6.17. The van der Waals surface area contributed by atoms with E-state index >= 15 is 0 Å². The van der Waals surface area contributed by atoms with Gasteiger partial charge < -0.3 is 5.73 Å². The van der Waals surface area contributed by atoms with Gasteiger partial charge in [-0.3, -0.25) is 0 Å². The standard InChI is InChI=1S/C4H7N3O2S/c1-10(8,9)7-3-2-6-4(7)5/h2-3H,1H3,(H2,5,6). The molecule has 5 nitrogen and oxygen atoms in total. The molecule has 0 aliphatic heterocycles. The van der Waals surface area contributed by atoms with Crippen LogP contribution in [0.15, 0.2) is 12.4 Å². The first-order valence-electron chi connectivity index (χ1n) is 2.51. The zero-order valence-electron chi connectivity index (χ0n) is 5.35. The average Bonchev–Trinajstić information content (AvgIpc) is 2.11. The highest BCUT2D eigenvalue weighted by atomic mass is 32.2.